The molecule has 0 bridgehead atoms. The molecule has 1 aliphatic rings. The molecule has 2 N–H and O–H groups in total. The number of nitrogens with one attached hydrogen (secondary N) is 2. The molecule has 1 aromatic carbocycles. The van der Waals surface area contributed by atoms with Gasteiger partial charge in [-0.25, -0.2) is 0 Å². The fraction of sp³-hybridized carbons (Fsp3) is 0.333. The minimum atomic E-state index is -0.192. The summed E-state index contributed by atoms with van der Waals surface area (Å²) in [6, 6.07) is 7.41. The third-order valence-corrected chi connectivity index (χ3v) is 3.07. The van der Waals surface area contributed by atoms with E-state index in [0.29, 0.717) is 36.6 Å². The molecule has 1 atom stereocenters. The Labute approximate surface area is 115 Å². The third-order valence-electron chi connectivity index (χ3n) is 2.74. The smallest absolute Gasteiger partial charge is 0.246 e. The first-order valence-corrected chi connectivity index (χ1v) is 6.34. The molecule has 0 aliphatic carbocycles. The summed E-state index contributed by atoms with van der Waals surface area (Å²) in [5.41, 5.74) is 0.760. The number of halogens is 1. The molecule has 1 fully saturated rings. The van der Waals surface area contributed by atoms with E-state index in [2.05, 4.69) is 20.5 Å². The van der Waals surface area contributed by atoms with Crippen molar-refractivity contribution < 1.29 is 9.47 Å². The van der Waals surface area contributed by atoms with Crippen LogP contribution < -0.4 is 5.32 Å². The maximum atomic E-state index is 6.06. The summed E-state index contributed by atoms with van der Waals surface area (Å²) in [4.78, 5) is 4.33. The van der Waals surface area contributed by atoms with Gasteiger partial charge in [-0.1, -0.05) is 23.7 Å². The van der Waals surface area contributed by atoms with Crippen LogP contribution in [0.25, 0.3) is 0 Å². The quantitative estimate of drug-likeness (QED) is 0.902. The van der Waals surface area contributed by atoms with Gasteiger partial charge in [0.2, 0.25) is 5.95 Å². The zero-order chi connectivity index (χ0) is 13.1. The van der Waals surface area contributed by atoms with Crippen LogP contribution in [0, 0.1) is 0 Å². The average Bonchev–Trinajstić information content (AvgIpc) is 2.91. The van der Waals surface area contributed by atoms with Crippen LogP contribution in [0.3, 0.4) is 0 Å². The van der Waals surface area contributed by atoms with Gasteiger partial charge in [0.1, 0.15) is 6.10 Å². The van der Waals surface area contributed by atoms with E-state index < -0.39 is 0 Å². The first-order valence-electron chi connectivity index (χ1n) is 5.96. The van der Waals surface area contributed by atoms with Gasteiger partial charge >= 0.3 is 0 Å². The molecule has 19 heavy (non-hydrogen) atoms. The van der Waals surface area contributed by atoms with Crippen LogP contribution in [-0.4, -0.2) is 35.0 Å². The van der Waals surface area contributed by atoms with Crippen molar-refractivity contribution in [3.63, 3.8) is 0 Å². The lowest BCUT2D eigenvalue weighted by atomic mass is 10.3. The van der Waals surface area contributed by atoms with Gasteiger partial charge in [-0.15, -0.1) is 5.10 Å². The van der Waals surface area contributed by atoms with Crippen molar-refractivity contribution in [2.24, 2.45) is 0 Å². The van der Waals surface area contributed by atoms with E-state index in [1.165, 1.54) is 0 Å². The van der Waals surface area contributed by atoms with Crippen molar-refractivity contribution in [1.29, 1.82) is 0 Å². The number of aromatic nitrogens is 3. The fourth-order valence-electron chi connectivity index (χ4n) is 1.80. The number of aromatic amines is 1. The number of benzene rings is 1. The number of para-hydroxylation sites is 1. The molecular formula is C12H13ClN4O2. The molecule has 1 saturated heterocycles. The maximum absolute atomic E-state index is 6.06. The van der Waals surface area contributed by atoms with Crippen LogP contribution in [-0.2, 0) is 9.47 Å². The second-order valence-electron chi connectivity index (χ2n) is 4.08. The van der Waals surface area contributed by atoms with Gasteiger partial charge in [0.25, 0.3) is 0 Å². The second-order valence-corrected chi connectivity index (χ2v) is 4.49. The first kappa shape index (κ1) is 12.4. The van der Waals surface area contributed by atoms with Gasteiger partial charge in [0.05, 0.1) is 30.5 Å². The highest BCUT2D eigenvalue weighted by Gasteiger charge is 2.20. The van der Waals surface area contributed by atoms with E-state index in [0.717, 1.165) is 5.69 Å². The third kappa shape index (κ3) is 2.86. The van der Waals surface area contributed by atoms with Crippen molar-refractivity contribution in [2.45, 2.75) is 6.10 Å². The monoisotopic (exact) mass is 280 g/mol. The van der Waals surface area contributed by atoms with Crippen LogP contribution in [0.2, 0.25) is 5.02 Å². The lowest BCUT2D eigenvalue weighted by molar-refractivity contribution is -0.0933. The predicted molar refractivity (Wildman–Crippen MR) is 70.6 cm³/mol. The Morgan fingerprint density at radius 2 is 2.21 bits per heavy atom. The van der Waals surface area contributed by atoms with Crippen molar-refractivity contribution in [3.8, 4) is 0 Å². The van der Waals surface area contributed by atoms with E-state index in [-0.39, 0.29) is 6.10 Å². The van der Waals surface area contributed by atoms with Crippen LogP contribution in [0.1, 0.15) is 11.9 Å². The Kier molecular flexibility index (Phi) is 3.63. The average molecular weight is 281 g/mol. The second kappa shape index (κ2) is 5.56. The molecule has 100 valence electrons. The SMILES string of the molecule is Clc1ccccc1Nc1n[nH]c(C2COCCO2)n1. The number of rotatable bonds is 3. The Balaban J connectivity index is 1.73. The number of hydrogen-bond acceptors (Lipinski definition) is 5. The standard InChI is InChI=1S/C12H13ClN4O2/c13-8-3-1-2-4-9(8)14-12-15-11(16-17-12)10-7-18-5-6-19-10/h1-4,10H,5-7H2,(H2,14,15,16,17). The summed E-state index contributed by atoms with van der Waals surface area (Å²) in [5, 5.41) is 10.6. The minimum Gasteiger partial charge on any atom is -0.376 e. The first-order chi connectivity index (χ1) is 9.33. The van der Waals surface area contributed by atoms with Crippen molar-refractivity contribution in [3.05, 3.63) is 35.1 Å². The highest BCUT2D eigenvalue weighted by atomic mass is 35.5. The lowest BCUT2D eigenvalue weighted by Gasteiger charge is -2.20. The lowest BCUT2D eigenvalue weighted by Crippen LogP contribution is -2.22. The van der Waals surface area contributed by atoms with E-state index in [1.54, 1.807) is 6.07 Å². The maximum Gasteiger partial charge on any atom is 0.246 e. The Morgan fingerprint density at radius 3 is 3.00 bits per heavy atom. The van der Waals surface area contributed by atoms with E-state index in [4.69, 9.17) is 21.1 Å². The molecule has 2 aromatic rings. The van der Waals surface area contributed by atoms with E-state index in [1.807, 2.05) is 18.2 Å². The van der Waals surface area contributed by atoms with Crippen molar-refractivity contribution in [1.82, 2.24) is 15.2 Å². The molecular weight excluding hydrogens is 268 g/mol. The predicted octanol–water partition coefficient (Wildman–Crippen LogP) is 2.29. The molecule has 1 unspecified atom stereocenters. The van der Waals surface area contributed by atoms with Crippen LogP contribution in [0.4, 0.5) is 11.6 Å². The summed E-state index contributed by atoms with van der Waals surface area (Å²) < 4.78 is 10.9. The summed E-state index contributed by atoms with van der Waals surface area (Å²) in [6.45, 7) is 1.68. The van der Waals surface area contributed by atoms with E-state index in [9.17, 15) is 0 Å². The molecule has 0 saturated carbocycles. The van der Waals surface area contributed by atoms with Crippen molar-refractivity contribution >= 4 is 23.2 Å². The molecule has 0 amide bonds. The Morgan fingerprint density at radius 1 is 1.32 bits per heavy atom. The molecule has 0 spiro atoms. The number of nitrogens with zero attached hydrogens (tertiary/aromatic N) is 2. The van der Waals surface area contributed by atoms with Gasteiger partial charge in [0.15, 0.2) is 5.82 Å². The topological polar surface area (TPSA) is 72.1 Å². The van der Waals surface area contributed by atoms with Gasteiger partial charge in [0, 0.05) is 0 Å². The minimum absolute atomic E-state index is 0.192. The molecule has 1 aromatic heterocycles. The van der Waals surface area contributed by atoms with Crippen LogP contribution in [0.15, 0.2) is 24.3 Å². The highest BCUT2D eigenvalue weighted by molar-refractivity contribution is 6.33. The molecule has 1 aliphatic heterocycles. The summed E-state index contributed by atoms with van der Waals surface area (Å²) >= 11 is 6.06. The van der Waals surface area contributed by atoms with Gasteiger partial charge < -0.3 is 14.8 Å². The van der Waals surface area contributed by atoms with Crippen LogP contribution >= 0.6 is 11.6 Å². The zero-order valence-electron chi connectivity index (χ0n) is 10.1. The molecule has 0 radical (unpaired) electrons. The van der Waals surface area contributed by atoms with Gasteiger partial charge in [-0.2, -0.15) is 4.98 Å². The Bertz CT molecular complexity index is 554. The molecule has 2 heterocycles. The molecule has 6 nitrogen and oxygen atoms in total. The van der Waals surface area contributed by atoms with Gasteiger partial charge in [-0.3, -0.25) is 5.10 Å². The summed E-state index contributed by atoms with van der Waals surface area (Å²) in [5.74, 6) is 1.10. The number of ether oxygens (including phenoxy) is 2. The number of hydrogen-bond donors (Lipinski definition) is 2. The fourth-order valence-corrected chi connectivity index (χ4v) is 1.99. The zero-order valence-corrected chi connectivity index (χ0v) is 10.9. The summed E-state index contributed by atoms with van der Waals surface area (Å²) in [6.07, 6.45) is -0.192. The molecule has 3 rings (SSSR count). The Hall–Kier alpha value is -1.63. The number of anilines is 2. The number of H-pyrrole nitrogens is 1. The normalized spacial score (nSPS) is 19.3. The van der Waals surface area contributed by atoms with Crippen LogP contribution in [0.5, 0.6) is 0 Å². The summed E-state index contributed by atoms with van der Waals surface area (Å²) in [7, 11) is 0. The largest absolute Gasteiger partial charge is 0.376 e. The van der Waals surface area contributed by atoms with Crippen molar-refractivity contribution in [2.75, 3.05) is 25.1 Å². The highest BCUT2D eigenvalue weighted by Crippen LogP contribution is 2.24. The molecule has 7 heteroatoms. The van der Waals surface area contributed by atoms with E-state index >= 15 is 0 Å². The van der Waals surface area contributed by atoms with Gasteiger partial charge in [-0.05, 0) is 12.1 Å².